The fraction of sp³-hybridized carbons (Fsp3) is 0.273. The van der Waals surface area contributed by atoms with Crippen LogP contribution >= 0.6 is 0 Å². The number of carbonyl (C=O) groups is 2. The molecule has 3 rings (SSSR count). The van der Waals surface area contributed by atoms with E-state index in [1.807, 2.05) is 0 Å². The van der Waals surface area contributed by atoms with E-state index >= 15 is 0 Å². The summed E-state index contributed by atoms with van der Waals surface area (Å²) in [5.41, 5.74) is 1.76. The number of hydrogen-bond acceptors (Lipinski definition) is 7. The zero-order valence-corrected chi connectivity index (χ0v) is 16.7. The Hall–Kier alpha value is -3.36. The predicted molar refractivity (Wildman–Crippen MR) is 110 cm³/mol. The Kier molecular flexibility index (Phi) is 7.82. The van der Waals surface area contributed by atoms with Gasteiger partial charge in [-0.25, -0.2) is 0 Å². The summed E-state index contributed by atoms with van der Waals surface area (Å²) >= 11 is 0. The smallest absolute Gasteiger partial charge is 0.227 e. The van der Waals surface area contributed by atoms with Gasteiger partial charge in [-0.1, -0.05) is 12.1 Å². The molecule has 1 N–H and O–H groups in total. The summed E-state index contributed by atoms with van der Waals surface area (Å²) in [6, 6.07) is 10.3. The number of pyridine rings is 1. The van der Waals surface area contributed by atoms with Crippen LogP contribution in [0.25, 0.3) is 11.5 Å². The Balaban J connectivity index is 1.52. The molecule has 1 amide bonds. The number of ketones is 1. The second-order valence-electron chi connectivity index (χ2n) is 6.44. The summed E-state index contributed by atoms with van der Waals surface area (Å²) in [5, 5.41) is 2.70. The van der Waals surface area contributed by atoms with Gasteiger partial charge < -0.3 is 19.2 Å². The fourth-order valence-corrected chi connectivity index (χ4v) is 2.68. The second kappa shape index (κ2) is 11.0. The van der Waals surface area contributed by atoms with Crippen molar-refractivity contribution in [3.63, 3.8) is 0 Å². The lowest BCUT2D eigenvalue weighted by Crippen LogP contribution is -2.13. The van der Waals surface area contributed by atoms with Gasteiger partial charge >= 0.3 is 0 Å². The molecule has 1 aromatic carbocycles. The highest BCUT2D eigenvalue weighted by atomic mass is 16.5. The Labute approximate surface area is 174 Å². The maximum Gasteiger partial charge on any atom is 0.227 e. The van der Waals surface area contributed by atoms with E-state index in [9.17, 15) is 9.59 Å². The Bertz CT molecular complexity index is 954. The first-order valence-corrected chi connectivity index (χ1v) is 9.54. The molecule has 0 bridgehead atoms. The topological polar surface area (TPSA) is 104 Å². The van der Waals surface area contributed by atoms with Crippen molar-refractivity contribution in [3.05, 3.63) is 66.2 Å². The molecule has 30 heavy (non-hydrogen) atoms. The van der Waals surface area contributed by atoms with E-state index in [-0.39, 0.29) is 11.7 Å². The van der Waals surface area contributed by atoms with E-state index < -0.39 is 0 Å². The van der Waals surface area contributed by atoms with E-state index in [0.29, 0.717) is 61.1 Å². The van der Waals surface area contributed by atoms with E-state index in [0.717, 1.165) is 0 Å². The number of ether oxygens (including phenoxy) is 2. The zero-order valence-electron chi connectivity index (χ0n) is 16.7. The van der Waals surface area contributed by atoms with Gasteiger partial charge in [-0.3, -0.25) is 14.6 Å². The predicted octanol–water partition coefficient (Wildman–Crippen LogP) is 3.35. The van der Waals surface area contributed by atoms with Crippen LogP contribution in [0.5, 0.6) is 0 Å². The van der Waals surface area contributed by atoms with Crippen LogP contribution < -0.4 is 5.32 Å². The lowest BCUT2D eigenvalue weighted by atomic mass is 10.0. The Morgan fingerprint density at radius 2 is 1.90 bits per heavy atom. The normalized spacial score (nSPS) is 10.7. The summed E-state index contributed by atoms with van der Waals surface area (Å²) in [5.74, 6) is 0.420. The molecule has 0 saturated carbocycles. The fourth-order valence-electron chi connectivity index (χ4n) is 2.68. The van der Waals surface area contributed by atoms with Crippen molar-refractivity contribution in [3.8, 4) is 11.5 Å². The first-order chi connectivity index (χ1) is 14.7. The minimum absolute atomic E-state index is 0.110. The number of anilines is 1. The summed E-state index contributed by atoms with van der Waals surface area (Å²) in [6.45, 7) is 1.54. The average molecular weight is 409 g/mol. The van der Waals surface area contributed by atoms with Crippen LogP contribution in [0.4, 0.5) is 5.82 Å². The van der Waals surface area contributed by atoms with Gasteiger partial charge in [-0.05, 0) is 30.7 Å². The van der Waals surface area contributed by atoms with Crippen molar-refractivity contribution < 1.29 is 23.5 Å². The molecule has 0 spiro atoms. The summed E-state index contributed by atoms with van der Waals surface area (Å²) in [6.07, 6.45) is 5.46. The molecule has 0 fully saturated rings. The maximum atomic E-state index is 12.4. The number of benzene rings is 1. The third-order valence-corrected chi connectivity index (χ3v) is 4.21. The number of nitrogens with one attached hydrogen (secondary N) is 1. The SMILES string of the molecule is COCCOCCCC(=O)Nc1coc(-c2ccc(C(=O)c3cccnc3)cc2)n1. The van der Waals surface area contributed by atoms with Crippen LogP contribution in [-0.2, 0) is 14.3 Å². The molecule has 0 aliphatic carbocycles. The lowest BCUT2D eigenvalue weighted by Gasteiger charge is -2.03. The first kappa shape index (κ1) is 21.4. The number of amides is 1. The highest BCUT2D eigenvalue weighted by molar-refractivity contribution is 6.08. The van der Waals surface area contributed by atoms with Crippen LogP contribution in [0.2, 0.25) is 0 Å². The van der Waals surface area contributed by atoms with Gasteiger partial charge in [0.1, 0.15) is 6.26 Å². The molecule has 0 saturated heterocycles. The molecular weight excluding hydrogens is 386 g/mol. The van der Waals surface area contributed by atoms with Gasteiger partial charge in [0.15, 0.2) is 11.6 Å². The number of methoxy groups -OCH3 is 1. The van der Waals surface area contributed by atoms with Gasteiger partial charge in [-0.15, -0.1) is 0 Å². The summed E-state index contributed by atoms with van der Waals surface area (Å²) in [4.78, 5) is 32.7. The summed E-state index contributed by atoms with van der Waals surface area (Å²) < 4.78 is 15.7. The summed E-state index contributed by atoms with van der Waals surface area (Å²) in [7, 11) is 1.61. The maximum absolute atomic E-state index is 12.4. The van der Waals surface area contributed by atoms with Gasteiger partial charge in [-0.2, -0.15) is 4.98 Å². The van der Waals surface area contributed by atoms with Crippen LogP contribution in [-0.4, -0.2) is 48.6 Å². The van der Waals surface area contributed by atoms with Crippen LogP contribution in [0.3, 0.4) is 0 Å². The monoisotopic (exact) mass is 409 g/mol. The second-order valence-corrected chi connectivity index (χ2v) is 6.44. The molecule has 0 unspecified atom stereocenters. The van der Waals surface area contributed by atoms with Gasteiger partial charge in [0.25, 0.3) is 0 Å². The lowest BCUT2D eigenvalue weighted by molar-refractivity contribution is -0.116. The van der Waals surface area contributed by atoms with E-state index in [2.05, 4.69) is 15.3 Å². The molecule has 8 heteroatoms. The Morgan fingerprint density at radius 3 is 2.63 bits per heavy atom. The molecule has 2 aromatic heterocycles. The number of hydrogen-bond donors (Lipinski definition) is 1. The molecule has 0 aliphatic rings. The van der Waals surface area contributed by atoms with Crippen molar-refractivity contribution in [1.29, 1.82) is 0 Å². The molecule has 0 atom stereocenters. The van der Waals surface area contributed by atoms with Crippen molar-refractivity contribution in [2.45, 2.75) is 12.8 Å². The van der Waals surface area contributed by atoms with Crippen LogP contribution in [0.15, 0.2) is 59.5 Å². The molecule has 0 aliphatic heterocycles. The van der Waals surface area contributed by atoms with Crippen LogP contribution in [0.1, 0.15) is 28.8 Å². The molecule has 2 heterocycles. The highest BCUT2D eigenvalue weighted by Gasteiger charge is 2.12. The van der Waals surface area contributed by atoms with Gasteiger partial charge in [0, 0.05) is 49.2 Å². The molecule has 0 radical (unpaired) electrons. The zero-order chi connectivity index (χ0) is 21.2. The van der Waals surface area contributed by atoms with Crippen molar-refractivity contribution in [1.82, 2.24) is 9.97 Å². The highest BCUT2D eigenvalue weighted by Crippen LogP contribution is 2.22. The average Bonchev–Trinajstić information content (AvgIpc) is 3.24. The number of oxazole rings is 1. The third kappa shape index (κ3) is 6.07. The quantitative estimate of drug-likeness (QED) is 0.383. The van der Waals surface area contributed by atoms with E-state index in [1.54, 1.807) is 49.7 Å². The number of aromatic nitrogens is 2. The van der Waals surface area contributed by atoms with Gasteiger partial charge in [0.2, 0.25) is 11.8 Å². The number of nitrogens with zero attached hydrogens (tertiary/aromatic N) is 2. The first-order valence-electron chi connectivity index (χ1n) is 9.54. The van der Waals surface area contributed by atoms with Crippen molar-refractivity contribution in [2.75, 3.05) is 32.2 Å². The van der Waals surface area contributed by atoms with Crippen LogP contribution in [0, 0.1) is 0 Å². The standard InChI is InChI=1S/C22H23N3O5/c1-28-12-13-29-11-3-5-20(26)24-19-15-30-22(25-19)17-8-6-16(7-9-17)21(27)18-4-2-10-23-14-18/h2,4,6-10,14-15H,3,5,11-13H2,1H3,(H,24,26). The van der Waals surface area contributed by atoms with Crippen molar-refractivity contribution >= 4 is 17.5 Å². The van der Waals surface area contributed by atoms with Crippen molar-refractivity contribution in [2.24, 2.45) is 0 Å². The minimum atomic E-state index is -0.164. The van der Waals surface area contributed by atoms with E-state index in [4.69, 9.17) is 13.9 Å². The Morgan fingerprint density at radius 1 is 1.07 bits per heavy atom. The van der Waals surface area contributed by atoms with E-state index in [1.165, 1.54) is 12.5 Å². The number of carbonyl (C=O) groups excluding carboxylic acids is 2. The van der Waals surface area contributed by atoms with Gasteiger partial charge in [0.05, 0.1) is 13.2 Å². The largest absolute Gasteiger partial charge is 0.442 e. The molecular formula is C22H23N3O5. The molecule has 3 aromatic rings. The molecule has 156 valence electrons. The number of rotatable bonds is 11. The molecule has 8 nitrogen and oxygen atoms in total. The third-order valence-electron chi connectivity index (χ3n) is 4.21. The minimum Gasteiger partial charge on any atom is -0.442 e.